The number of ether oxygens (including phenoxy) is 1. The highest BCUT2D eigenvalue weighted by atomic mass is 16.5. The van der Waals surface area contributed by atoms with E-state index in [4.69, 9.17) is 4.74 Å². The van der Waals surface area contributed by atoms with Gasteiger partial charge in [-0.25, -0.2) is 4.68 Å². The molecule has 0 aliphatic carbocycles. The molecule has 0 saturated heterocycles. The zero-order valence-electron chi connectivity index (χ0n) is 12.7. The molecule has 0 bridgehead atoms. The SMILES string of the molecule is Cc1nn(Cc2cccc3c2CCOC3)c(=O)c(C#N)c1C. The second-order valence-corrected chi connectivity index (χ2v) is 5.52. The van der Waals surface area contributed by atoms with Crippen molar-refractivity contribution in [2.24, 2.45) is 0 Å². The second-order valence-electron chi connectivity index (χ2n) is 5.52. The van der Waals surface area contributed by atoms with Gasteiger partial charge in [-0.05, 0) is 42.5 Å². The first-order valence-electron chi connectivity index (χ1n) is 7.27. The predicted octanol–water partition coefficient (Wildman–Crippen LogP) is 1.85. The van der Waals surface area contributed by atoms with Gasteiger partial charge in [0.05, 0.1) is 25.5 Å². The Labute approximate surface area is 128 Å². The van der Waals surface area contributed by atoms with E-state index in [0.717, 1.165) is 12.0 Å². The van der Waals surface area contributed by atoms with E-state index in [1.54, 1.807) is 6.92 Å². The number of fused-ring (bicyclic) bond motifs is 1. The Morgan fingerprint density at radius 3 is 3.00 bits per heavy atom. The number of hydrogen-bond acceptors (Lipinski definition) is 4. The van der Waals surface area contributed by atoms with Crippen LogP contribution in [0.5, 0.6) is 0 Å². The number of rotatable bonds is 2. The van der Waals surface area contributed by atoms with E-state index in [2.05, 4.69) is 11.2 Å². The van der Waals surface area contributed by atoms with Gasteiger partial charge in [-0.1, -0.05) is 18.2 Å². The van der Waals surface area contributed by atoms with Crippen LogP contribution in [-0.2, 0) is 24.3 Å². The van der Waals surface area contributed by atoms with Crippen LogP contribution in [0.4, 0.5) is 0 Å². The van der Waals surface area contributed by atoms with Crippen molar-refractivity contribution in [2.45, 2.75) is 33.4 Å². The molecule has 1 aliphatic rings. The lowest BCUT2D eigenvalue weighted by atomic mass is 9.97. The first-order chi connectivity index (χ1) is 10.6. The summed E-state index contributed by atoms with van der Waals surface area (Å²) >= 11 is 0. The molecule has 0 unspecified atom stereocenters. The Hall–Kier alpha value is -2.45. The molecular weight excluding hydrogens is 278 g/mol. The fraction of sp³-hybridized carbons (Fsp3) is 0.353. The molecule has 0 saturated carbocycles. The van der Waals surface area contributed by atoms with Crippen molar-refractivity contribution < 1.29 is 4.74 Å². The summed E-state index contributed by atoms with van der Waals surface area (Å²) in [5.41, 5.74) is 4.70. The first-order valence-corrected chi connectivity index (χ1v) is 7.27. The van der Waals surface area contributed by atoms with Gasteiger partial charge in [0, 0.05) is 0 Å². The molecule has 0 N–H and O–H groups in total. The standard InChI is InChI=1S/C17H17N3O2/c1-11-12(2)19-20(17(21)16(11)8-18)9-13-4-3-5-14-10-22-7-6-15(13)14/h3-5H,6-7,9-10H2,1-2H3. The van der Waals surface area contributed by atoms with Crippen LogP contribution in [0.25, 0.3) is 0 Å². The van der Waals surface area contributed by atoms with Crippen LogP contribution in [-0.4, -0.2) is 16.4 Å². The Morgan fingerprint density at radius 1 is 1.41 bits per heavy atom. The summed E-state index contributed by atoms with van der Waals surface area (Å²) in [5, 5.41) is 13.5. The lowest BCUT2D eigenvalue weighted by Gasteiger charge is -2.20. The van der Waals surface area contributed by atoms with Crippen molar-refractivity contribution in [2.75, 3.05) is 6.61 Å². The van der Waals surface area contributed by atoms with Crippen molar-refractivity contribution in [3.05, 3.63) is 62.1 Å². The van der Waals surface area contributed by atoms with Gasteiger partial charge in [-0.3, -0.25) is 4.79 Å². The highest BCUT2D eigenvalue weighted by molar-refractivity contribution is 5.38. The van der Waals surface area contributed by atoms with Crippen molar-refractivity contribution in [3.8, 4) is 6.07 Å². The smallest absolute Gasteiger partial charge is 0.285 e. The van der Waals surface area contributed by atoms with Gasteiger partial charge in [0.1, 0.15) is 11.6 Å². The summed E-state index contributed by atoms with van der Waals surface area (Å²) in [6.07, 6.45) is 0.843. The van der Waals surface area contributed by atoms with Gasteiger partial charge in [-0.2, -0.15) is 10.4 Å². The second kappa shape index (κ2) is 5.74. The Bertz CT molecular complexity index is 831. The van der Waals surface area contributed by atoms with Crippen LogP contribution in [0.1, 0.15) is 33.5 Å². The molecule has 1 aromatic heterocycles. The number of aryl methyl sites for hydroxylation is 1. The summed E-state index contributed by atoms with van der Waals surface area (Å²) in [6, 6.07) is 8.04. The molecular formula is C17H17N3O2. The lowest BCUT2D eigenvalue weighted by Crippen LogP contribution is -2.28. The molecule has 0 spiro atoms. The minimum atomic E-state index is -0.324. The van der Waals surface area contributed by atoms with Crippen molar-refractivity contribution in [1.29, 1.82) is 5.26 Å². The van der Waals surface area contributed by atoms with Crippen LogP contribution < -0.4 is 5.56 Å². The van der Waals surface area contributed by atoms with E-state index in [0.29, 0.717) is 31.0 Å². The van der Waals surface area contributed by atoms with Gasteiger partial charge >= 0.3 is 0 Å². The minimum absolute atomic E-state index is 0.181. The Morgan fingerprint density at radius 2 is 2.23 bits per heavy atom. The van der Waals surface area contributed by atoms with Crippen molar-refractivity contribution in [3.63, 3.8) is 0 Å². The minimum Gasteiger partial charge on any atom is -0.376 e. The molecule has 0 radical (unpaired) electrons. The number of benzene rings is 1. The molecule has 3 rings (SSSR count). The van der Waals surface area contributed by atoms with Crippen molar-refractivity contribution >= 4 is 0 Å². The highest BCUT2D eigenvalue weighted by Gasteiger charge is 2.16. The lowest BCUT2D eigenvalue weighted by molar-refractivity contribution is 0.110. The predicted molar refractivity (Wildman–Crippen MR) is 81.6 cm³/mol. The molecule has 5 nitrogen and oxygen atoms in total. The Kier molecular flexibility index (Phi) is 3.78. The molecule has 2 heterocycles. The molecule has 0 atom stereocenters. The van der Waals surface area contributed by atoms with E-state index in [-0.39, 0.29) is 11.1 Å². The molecule has 1 aromatic carbocycles. The molecule has 112 valence electrons. The molecule has 2 aromatic rings. The first kappa shape index (κ1) is 14.5. The maximum absolute atomic E-state index is 12.4. The molecule has 5 heteroatoms. The van der Waals surface area contributed by atoms with Crippen LogP contribution in [0.2, 0.25) is 0 Å². The molecule has 1 aliphatic heterocycles. The number of nitriles is 1. The summed E-state index contributed by atoms with van der Waals surface area (Å²) in [6.45, 7) is 5.27. The van der Waals surface area contributed by atoms with E-state index in [1.165, 1.54) is 15.8 Å². The quantitative estimate of drug-likeness (QED) is 0.848. The van der Waals surface area contributed by atoms with Gasteiger partial charge < -0.3 is 4.74 Å². The van der Waals surface area contributed by atoms with Crippen LogP contribution >= 0.6 is 0 Å². The number of nitrogens with zero attached hydrogens (tertiary/aromatic N) is 3. The maximum Gasteiger partial charge on any atom is 0.285 e. The molecule has 0 fully saturated rings. The zero-order valence-corrected chi connectivity index (χ0v) is 12.7. The average molecular weight is 295 g/mol. The third-order valence-electron chi connectivity index (χ3n) is 4.19. The van der Waals surface area contributed by atoms with E-state index < -0.39 is 0 Å². The average Bonchev–Trinajstić information content (AvgIpc) is 2.53. The zero-order chi connectivity index (χ0) is 15.7. The number of aromatic nitrogens is 2. The van der Waals surface area contributed by atoms with Gasteiger partial charge in [0.2, 0.25) is 0 Å². The third-order valence-corrected chi connectivity index (χ3v) is 4.19. The summed E-state index contributed by atoms with van der Waals surface area (Å²) in [4.78, 5) is 12.4. The van der Waals surface area contributed by atoms with Crippen LogP contribution in [0.15, 0.2) is 23.0 Å². The fourth-order valence-electron chi connectivity index (χ4n) is 2.82. The third kappa shape index (κ3) is 2.42. The number of hydrogen-bond donors (Lipinski definition) is 0. The van der Waals surface area contributed by atoms with E-state index >= 15 is 0 Å². The fourth-order valence-corrected chi connectivity index (χ4v) is 2.82. The van der Waals surface area contributed by atoms with Gasteiger partial charge in [-0.15, -0.1) is 0 Å². The maximum atomic E-state index is 12.4. The van der Waals surface area contributed by atoms with Gasteiger partial charge in [0.15, 0.2) is 0 Å². The molecule has 0 amide bonds. The highest BCUT2D eigenvalue weighted by Crippen LogP contribution is 2.21. The van der Waals surface area contributed by atoms with Crippen LogP contribution in [0.3, 0.4) is 0 Å². The van der Waals surface area contributed by atoms with Crippen LogP contribution in [0, 0.1) is 25.2 Å². The summed E-state index contributed by atoms with van der Waals surface area (Å²) in [5.74, 6) is 0. The largest absolute Gasteiger partial charge is 0.376 e. The van der Waals surface area contributed by atoms with Crippen molar-refractivity contribution in [1.82, 2.24) is 9.78 Å². The molecule has 22 heavy (non-hydrogen) atoms. The summed E-state index contributed by atoms with van der Waals surface area (Å²) in [7, 11) is 0. The van der Waals surface area contributed by atoms with Gasteiger partial charge in [0.25, 0.3) is 5.56 Å². The normalized spacial score (nSPS) is 13.5. The topological polar surface area (TPSA) is 67.9 Å². The Balaban J connectivity index is 2.07. The summed E-state index contributed by atoms with van der Waals surface area (Å²) < 4.78 is 6.86. The van der Waals surface area contributed by atoms with E-state index in [9.17, 15) is 10.1 Å². The monoisotopic (exact) mass is 295 g/mol. The van der Waals surface area contributed by atoms with E-state index in [1.807, 2.05) is 25.1 Å².